The van der Waals surface area contributed by atoms with Crippen LogP contribution < -0.4 is 21.3 Å². The van der Waals surface area contributed by atoms with Gasteiger partial charge in [-0.2, -0.15) is 5.26 Å². The summed E-state index contributed by atoms with van der Waals surface area (Å²) in [4.78, 5) is 41.9. The van der Waals surface area contributed by atoms with Crippen molar-refractivity contribution in [3.63, 3.8) is 0 Å². The first kappa shape index (κ1) is 23.2. The van der Waals surface area contributed by atoms with Crippen molar-refractivity contribution in [1.82, 2.24) is 19.4 Å². The summed E-state index contributed by atoms with van der Waals surface area (Å²) in [5.41, 5.74) is 2.11. The molecule has 5 rings (SSSR count). The minimum Gasteiger partial charge on any atom is -0.497 e. The van der Waals surface area contributed by atoms with Gasteiger partial charge in [0, 0.05) is 41.8 Å². The molecule has 2 N–H and O–H groups in total. The van der Waals surface area contributed by atoms with Gasteiger partial charge in [0.1, 0.15) is 23.9 Å². The van der Waals surface area contributed by atoms with E-state index in [0.717, 1.165) is 32.3 Å². The fraction of sp³-hybridized carbons (Fsp3) is 0.259. The van der Waals surface area contributed by atoms with Crippen molar-refractivity contribution < 1.29 is 9.53 Å². The molecule has 0 saturated carbocycles. The van der Waals surface area contributed by atoms with Crippen LogP contribution in [-0.2, 0) is 24.3 Å². The van der Waals surface area contributed by atoms with Gasteiger partial charge in [-0.3, -0.25) is 14.2 Å². The number of amides is 1. The quantitative estimate of drug-likeness (QED) is 0.418. The number of para-hydroxylation sites is 1. The molecule has 2 aromatic carbocycles. The van der Waals surface area contributed by atoms with Crippen molar-refractivity contribution in [3.05, 3.63) is 98.0 Å². The Hall–Kier alpha value is -4.58. The number of carbonyl (C=O) groups excluding carboxylic acids is 1. The van der Waals surface area contributed by atoms with Gasteiger partial charge in [0.25, 0.3) is 5.56 Å². The Kier molecular flexibility index (Phi) is 6.17. The highest BCUT2D eigenvalue weighted by molar-refractivity contribution is 5.84. The Labute approximate surface area is 206 Å². The summed E-state index contributed by atoms with van der Waals surface area (Å²) < 4.78 is 7.57. The van der Waals surface area contributed by atoms with Gasteiger partial charge in [-0.1, -0.05) is 30.3 Å². The SMILES string of the molecule is COc1ccc(C(CNC(=O)Cn2c(=O)c(C#N)c3n(c2=O)CCC3)c2c[nH]c3ccccc23)cc1. The number of aromatic nitrogens is 3. The summed E-state index contributed by atoms with van der Waals surface area (Å²) in [6.07, 6.45) is 3.13. The number of H-pyrrole nitrogens is 1. The fourth-order valence-corrected chi connectivity index (χ4v) is 4.93. The van der Waals surface area contributed by atoms with Crippen LogP contribution in [0.4, 0.5) is 0 Å². The zero-order valence-corrected chi connectivity index (χ0v) is 19.8. The van der Waals surface area contributed by atoms with Crippen LogP contribution in [-0.4, -0.2) is 33.7 Å². The number of nitriles is 1. The lowest BCUT2D eigenvalue weighted by Crippen LogP contribution is -2.45. The van der Waals surface area contributed by atoms with E-state index in [1.54, 1.807) is 7.11 Å². The van der Waals surface area contributed by atoms with Crippen LogP contribution in [0.15, 0.2) is 64.3 Å². The topological polar surface area (TPSA) is 122 Å². The number of fused-ring (bicyclic) bond motifs is 2. The second kappa shape index (κ2) is 9.58. The molecule has 3 heterocycles. The van der Waals surface area contributed by atoms with E-state index in [-0.39, 0.29) is 18.0 Å². The summed E-state index contributed by atoms with van der Waals surface area (Å²) in [5.74, 6) is 0.0590. The third-order valence-corrected chi connectivity index (χ3v) is 6.76. The van der Waals surface area contributed by atoms with Gasteiger partial charge in [0.2, 0.25) is 5.91 Å². The Morgan fingerprint density at radius 2 is 1.97 bits per heavy atom. The molecule has 1 aliphatic heterocycles. The Morgan fingerprint density at radius 3 is 2.72 bits per heavy atom. The molecule has 1 aliphatic rings. The highest BCUT2D eigenvalue weighted by atomic mass is 16.5. The number of aromatic amines is 1. The van der Waals surface area contributed by atoms with Gasteiger partial charge >= 0.3 is 5.69 Å². The van der Waals surface area contributed by atoms with Crippen LogP contribution in [0.2, 0.25) is 0 Å². The number of methoxy groups -OCH3 is 1. The summed E-state index contributed by atoms with van der Waals surface area (Å²) in [5, 5.41) is 13.4. The molecule has 0 radical (unpaired) electrons. The molecular formula is C27H25N5O4. The lowest BCUT2D eigenvalue weighted by Gasteiger charge is -2.19. The average Bonchev–Trinajstić information content (AvgIpc) is 3.56. The fourth-order valence-electron chi connectivity index (χ4n) is 4.93. The van der Waals surface area contributed by atoms with E-state index in [0.29, 0.717) is 25.1 Å². The van der Waals surface area contributed by atoms with Crippen molar-refractivity contribution in [1.29, 1.82) is 5.26 Å². The molecule has 4 aromatic rings. The molecule has 1 amide bonds. The third-order valence-electron chi connectivity index (χ3n) is 6.76. The van der Waals surface area contributed by atoms with Crippen LogP contribution in [0.25, 0.3) is 10.9 Å². The van der Waals surface area contributed by atoms with Crippen molar-refractivity contribution in [3.8, 4) is 11.8 Å². The van der Waals surface area contributed by atoms with E-state index in [1.165, 1.54) is 4.57 Å². The van der Waals surface area contributed by atoms with Crippen LogP contribution in [0.5, 0.6) is 5.75 Å². The van der Waals surface area contributed by atoms with Gasteiger partial charge in [-0.15, -0.1) is 0 Å². The first-order valence-corrected chi connectivity index (χ1v) is 11.7. The van der Waals surface area contributed by atoms with E-state index in [4.69, 9.17) is 4.74 Å². The lowest BCUT2D eigenvalue weighted by atomic mass is 9.91. The van der Waals surface area contributed by atoms with E-state index in [2.05, 4.69) is 10.3 Å². The van der Waals surface area contributed by atoms with Gasteiger partial charge < -0.3 is 15.0 Å². The maximum absolute atomic E-state index is 13.0. The molecule has 0 spiro atoms. The number of rotatable bonds is 7. The Bertz CT molecular complexity index is 1600. The van der Waals surface area contributed by atoms with Gasteiger partial charge in [-0.05, 0) is 42.2 Å². The summed E-state index contributed by atoms with van der Waals surface area (Å²) in [7, 11) is 1.60. The average molecular weight is 484 g/mol. The van der Waals surface area contributed by atoms with E-state index in [1.807, 2.05) is 60.8 Å². The van der Waals surface area contributed by atoms with Crippen LogP contribution in [0.3, 0.4) is 0 Å². The number of carbonyl (C=O) groups is 1. The first-order chi connectivity index (χ1) is 17.5. The van der Waals surface area contributed by atoms with Crippen molar-refractivity contribution in [2.24, 2.45) is 0 Å². The standard InChI is InChI=1S/C27H25N5O4/c1-36-18-10-8-17(9-11-18)21(22-15-29-23-6-3-2-5-19(22)23)14-30-25(33)16-32-26(34)20(13-28)24-7-4-12-31(24)27(32)35/h2-3,5-6,8-11,15,21,29H,4,7,12,14,16H2,1H3,(H,30,33). The molecule has 0 aliphatic carbocycles. The van der Waals surface area contributed by atoms with Crippen molar-refractivity contribution in [2.75, 3.05) is 13.7 Å². The summed E-state index contributed by atoms with van der Waals surface area (Å²) in [6.45, 7) is 0.236. The lowest BCUT2D eigenvalue weighted by molar-refractivity contribution is -0.121. The largest absolute Gasteiger partial charge is 0.497 e. The van der Waals surface area contributed by atoms with Crippen LogP contribution in [0.1, 0.15) is 34.7 Å². The molecule has 36 heavy (non-hydrogen) atoms. The first-order valence-electron chi connectivity index (χ1n) is 11.7. The minimum absolute atomic E-state index is 0.0604. The van der Waals surface area contributed by atoms with E-state index in [9.17, 15) is 19.6 Å². The van der Waals surface area contributed by atoms with Gasteiger partial charge in [0.15, 0.2) is 0 Å². The number of nitrogens with one attached hydrogen (secondary N) is 2. The molecule has 1 atom stereocenters. The predicted molar refractivity (Wildman–Crippen MR) is 134 cm³/mol. The molecule has 2 aromatic heterocycles. The second-order valence-corrected chi connectivity index (χ2v) is 8.78. The monoisotopic (exact) mass is 483 g/mol. The highest BCUT2D eigenvalue weighted by Crippen LogP contribution is 2.31. The number of nitrogens with zero attached hydrogens (tertiary/aromatic N) is 3. The van der Waals surface area contributed by atoms with Crippen molar-refractivity contribution >= 4 is 16.8 Å². The molecule has 0 bridgehead atoms. The van der Waals surface area contributed by atoms with Crippen LogP contribution in [0, 0.1) is 11.3 Å². The molecule has 182 valence electrons. The molecule has 0 saturated heterocycles. The molecule has 9 nitrogen and oxygen atoms in total. The van der Waals surface area contributed by atoms with Crippen molar-refractivity contribution in [2.45, 2.75) is 31.8 Å². The number of hydrogen-bond acceptors (Lipinski definition) is 5. The predicted octanol–water partition coefficient (Wildman–Crippen LogP) is 2.27. The summed E-state index contributed by atoms with van der Waals surface area (Å²) in [6, 6.07) is 17.5. The number of ether oxygens (including phenoxy) is 1. The Morgan fingerprint density at radius 1 is 1.19 bits per heavy atom. The molecular weight excluding hydrogens is 458 g/mol. The Balaban J connectivity index is 1.43. The maximum atomic E-state index is 13.0. The van der Waals surface area contributed by atoms with Crippen LogP contribution >= 0.6 is 0 Å². The van der Waals surface area contributed by atoms with E-state index < -0.39 is 23.7 Å². The highest BCUT2D eigenvalue weighted by Gasteiger charge is 2.24. The zero-order chi connectivity index (χ0) is 25.2. The normalized spacial score (nSPS) is 13.2. The van der Waals surface area contributed by atoms with Gasteiger partial charge in [0.05, 0.1) is 7.11 Å². The second-order valence-electron chi connectivity index (χ2n) is 8.78. The third kappa shape index (κ3) is 4.07. The maximum Gasteiger partial charge on any atom is 0.331 e. The molecule has 9 heteroatoms. The molecule has 1 unspecified atom stereocenters. The molecule has 0 fully saturated rings. The van der Waals surface area contributed by atoms with Gasteiger partial charge in [-0.25, -0.2) is 9.36 Å². The minimum atomic E-state index is -0.714. The van der Waals surface area contributed by atoms with E-state index >= 15 is 0 Å². The number of hydrogen-bond donors (Lipinski definition) is 2. The smallest absolute Gasteiger partial charge is 0.331 e. The number of benzene rings is 2. The summed E-state index contributed by atoms with van der Waals surface area (Å²) >= 11 is 0. The zero-order valence-electron chi connectivity index (χ0n) is 19.8.